The molecule has 0 fully saturated rings. The molecule has 0 saturated carbocycles. The first-order valence-corrected chi connectivity index (χ1v) is 10.5. The quantitative estimate of drug-likeness (QED) is 0.474. The van der Waals surface area contributed by atoms with Crippen LogP contribution in [0.15, 0.2) is 53.4 Å². The Bertz CT molecular complexity index is 794. The normalized spacial score (nSPS) is 12.7. The molecule has 0 spiro atoms. The molecule has 0 aliphatic carbocycles. The van der Waals surface area contributed by atoms with Gasteiger partial charge >= 0.3 is 0 Å². The fraction of sp³-hybridized carbons (Fsp3) is 0.368. The van der Waals surface area contributed by atoms with E-state index in [1.165, 1.54) is 18.2 Å². The number of rotatable bonds is 10. The molecule has 0 bridgehead atoms. The Morgan fingerprint density at radius 3 is 2.42 bits per heavy atom. The van der Waals surface area contributed by atoms with E-state index in [9.17, 15) is 18.6 Å². The van der Waals surface area contributed by atoms with Crippen LogP contribution in [0.25, 0.3) is 0 Å². The number of phenols is 1. The molecule has 0 aliphatic heterocycles. The lowest BCUT2D eigenvalue weighted by Gasteiger charge is -2.14. The minimum Gasteiger partial charge on any atom is -0.507 e. The van der Waals surface area contributed by atoms with Gasteiger partial charge in [-0.2, -0.15) is 0 Å². The van der Waals surface area contributed by atoms with Gasteiger partial charge in [-0.15, -0.1) is 0 Å². The summed E-state index contributed by atoms with van der Waals surface area (Å²) >= 11 is 0. The molecule has 2 aromatic rings. The van der Waals surface area contributed by atoms with Gasteiger partial charge in [0.2, 0.25) is 0 Å². The second kappa shape index (κ2) is 9.56. The minimum absolute atomic E-state index is 0.166. The van der Waals surface area contributed by atoms with Gasteiger partial charge in [0.05, 0.1) is 6.10 Å². The van der Waals surface area contributed by atoms with Crippen LogP contribution in [0.4, 0.5) is 5.69 Å². The van der Waals surface area contributed by atoms with Crippen molar-refractivity contribution in [1.29, 1.82) is 0 Å². The lowest BCUT2D eigenvalue weighted by Crippen LogP contribution is -2.23. The number of aliphatic hydroxyl groups is 1. The van der Waals surface area contributed by atoms with Crippen LogP contribution in [-0.2, 0) is 9.84 Å². The van der Waals surface area contributed by atoms with Crippen molar-refractivity contribution < 1.29 is 18.6 Å². The number of unbranched alkanes of at least 4 members (excludes halogenated alkanes) is 1. The molecule has 0 aromatic heterocycles. The van der Waals surface area contributed by atoms with E-state index in [0.717, 1.165) is 37.9 Å². The van der Waals surface area contributed by atoms with E-state index in [-0.39, 0.29) is 10.6 Å². The number of sulfone groups is 1. The summed E-state index contributed by atoms with van der Waals surface area (Å²) in [5.74, 6) is -0.303. The van der Waals surface area contributed by atoms with Gasteiger partial charge in [-0.05, 0) is 49.2 Å². The van der Waals surface area contributed by atoms with E-state index < -0.39 is 15.9 Å². The number of anilines is 1. The van der Waals surface area contributed by atoms with E-state index in [0.29, 0.717) is 12.1 Å². The SMILES string of the molecule is CS(=O)(=O)c1cc(C(O)CNCCCCNc2ccccc2)ccc1O. The Balaban J connectivity index is 1.70. The first-order valence-electron chi connectivity index (χ1n) is 8.58. The van der Waals surface area contributed by atoms with Gasteiger partial charge in [0, 0.05) is 25.0 Å². The molecule has 1 unspecified atom stereocenters. The fourth-order valence-corrected chi connectivity index (χ4v) is 3.35. The van der Waals surface area contributed by atoms with Gasteiger partial charge in [0.25, 0.3) is 0 Å². The van der Waals surface area contributed by atoms with Crippen LogP contribution >= 0.6 is 0 Å². The third-order valence-electron chi connectivity index (χ3n) is 3.99. The van der Waals surface area contributed by atoms with Crippen molar-refractivity contribution in [2.24, 2.45) is 0 Å². The number of phenolic OH excluding ortho intramolecular Hbond substituents is 1. The minimum atomic E-state index is -3.54. The van der Waals surface area contributed by atoms with Crippen molar-refractivity contribution in [2.45, 2.75) is 23.8 Å². The number of para-hydroxylation sites is 1. The van der Waals surface area contributed by atoms with Gasteiger partial charge in [-0.3, -0.25) is 0 Å². The molecule has 26 heavy (non-hydrogen) atoms. The zero-order valence-electron chi connectivity index (χ0n) is 14.9. The fourth-order valence-electron chi connectivity index (χ4n) is 2.56. The molecule has 2 aromatic carbocycles. The maximum Gasteiger partial charge on any atom is 0.179 e. The summed E-state index contributed by atoms with van der Waals surface area (Å²) in [6, 6.07) is 14.2. The maximum atomic E-state index is 11.6. The van der Waals surface area contributed by atoms with Gasteiger partial charge in [0.1, 0.15) is 10.6 Å². The number of aliphatic hydroxyl groups excluding tert-OH is 1. The lowest BCUT2D eigenvalue weighted by molar-refractivity contribution is 0.174. The van der Waals surface area contributed by atoms with Crippen LogP contribution in [0.2, 0.25) is 0 Å². The topological polar surface area (TPSA) is 98.7 Å². The Labute approximate surface area is 154 Å². The summed E-state index contributed by atoms with van der Waals surface area (Å²) in [5.41, 5.74) is 1.56. The van der Waals surface area contributed by atoms with E-state index in [2.05, 4.69) is 10.6 Å². The molecule has 0 saturated heterocycles. The molecule has 4 N–H and O–H groups in total. The summed E-state index contributed by atoms with van der Waals surface area (Å²) in [4.78, 5) is -0.166. The van der Waals surface area contributed by atoms with Crippen LogP contribution in [0.1, 0.15) is 24.5 Å². The summed E-state index contributed by atoms with van der Waals surface area (Å²) in [7, 11) is -3.54. The van der Waals surface area contributed by atoms with Crippen LogP contribution in [0.3, 0.4) is 0 Å². The summed E-state index contributed by atoms with van der Waals surface area (Å²) in [5, 5.41) is 26.4. The third-order valence-corrected chi connectivity index (χ3v) is 5.11. The molecule has 0 amide bonds. The smallest absolute Gasteiger partial charge is 0.179 e. The average Bonchev–Trinajstić information content (AvgIpc) is 2.61. The number of hydrogen-bond acceptors (Lipinski definition) is 6. The van der Waals surface area contributed by atoms with Gasteiger partial charge in [-0.1, -0.05) is 24.3 Å². The average molecular weight is 378 g/mol. The summed E-state index contributed by atoms with van der Waals surface area (Å²) in [6.45, 7) is 1.95. The number of aromatic hydroxyl groups is 1. The number of nitrogens with one attached hydrogen (secondary N) is 2. The highest BCUT2D eigenvalue weighted by atomic mass is 32.2. The molecular formula is C19H26N2O4S. The first kappa shape index (κ1) is 20.2. The van der Waals surface area contributed by atoms with Crippen LogP contribution < -0.4 is 10.6 Å². The number of benzene rings is 2. The van der Waals surface area contributed by atoms with Crippen molar-refractivity contribution in [1.82, 2.24) is 5.32 Å². The predicted octanol–water partition coefficient (Wildman–Crippen LogP) is 2.31. The molecular weight excluding hydrogens is 352 g/mol. The molecule has 142 valence electrons. The summed E-state index contributed by atoms with van der Waals surface area (Å²) in [6.07, 6.45) is 2.14. The monoisotopic (exact) mass is 378 g/mol. The largest absolute Gasteiger partial charge is 0.507 e. The maximum absolute atomic E-state index is 11.6. The van der Waals surface area contributed by atoms with Gasteiger partial charge < -0.3 is 20.8 Å². The Hall–Kier alpha value is -2.09. The van der Waals surface area contributed by atoms with Crippen molar-refractivity contribution in [3.8, 4) is 5.75 Å². The van der Waals surface area contributed by atoms with Crippen molar-refractivity contribution >= 4 is 15.5 Å². The Morgan fingerprint density at radius 2 is 1.73 bits per heavy atom. The highest BCUT2D eigenvalue weighted by Gasteiger charge is 2.16. The van der Waals surface area contributed by atoms with E-state index in [1.807, 2.05) is 30.3 Å². The van der Waals surface area contributed by atoms with Crippen molar-refractivity contribution in [3.05, 3.63) is 54.1 Å². The highest BCUT2D eigenvalue weighted by molar-refractivity contribution is 7.90. The third kappa shape index (κ3) is 6.33. The van der Waals surface area contributed by atoms with Gasteiger partial charge in [-0.25, -0.2) is 8.42 Å². The van der Waals surface area contributed by atoms with E-state index in [4.69, 9.17) is 0 Å². The highest BCUT2D eigenvalue weighted by Crippen LogP contribution is 2.26. The lowest BCUT2D eigenvalue weighted by atomic mass is 10.1. The molecule has 0 heterocycles. The van der Waals surface area contributed by atoms with Crippen LogP contribution in [-0.4, -0.2) is 44.5 Å². The van der Waals surface area contributed by atoms with E-state index >= 15 is 0 Å². The molecule has 6 nitrogen and oxygen atoms in total. The van der Waals surface area contributed by atoms with Crippen molar-refractivity contribution in [3.63, 3.8) is 0 Å². The second-order valence-corrected chi connectivity index (χ2v) is 8.20. The molecule has 0 radical (unpaired) electrons. The van der Waals surface area contributed by atoms with Crippen molar-refractivity contribution in [2.75, 3.05) is 31.2 Å². The second-order valence-electron chi connectivity index (χ2n) is 6.22. The Morgan fingerprint density at radius 1 is 1.04 bits per heavy atom. The zero-order chi connectivity index (χ0) is 19.0. The first-order chi connectivity index (χ1) is 12.4. The van der Waals surface area contributed by atoms with Crippen LogP contribution in [0, 0.1) is 0 Å². The summed E-state index contributed by atoms with van der Waals surface area (Å²) < 4.78 is 23.3. The number of hydrogen-bond donors (Lipinski definition) is 4. The predicted molar refractivity (Wildman–Crippen MR) is 103 cm³/mol. The Kier molecular flexibility index (Phi) is 7.44. The van der Waals surface area contributed by atoms with E-state index in [1.54, 1.807) is 0 Å². The zero-order valence-corrected chi connectivity index (χ0v) is 15.7. The van der Waals surface area contributed by atoms with Gasteiger partial charge in [0.15, 0.2) is 9.84 Å². The molecule has 2 rings (SSSR count). The standard InChI is InChI=1S/C19H26N2O4S/c1-26(24,25)19-13-15(9-10-17(19)22)18(23)14-20-11-5-6-12-21-16-7-3-2-4-8-16/h2-4,7-10,13,18,20-23H,5-6,11-12,14H2,1H3. The molecule has 1 atom stereocenters. The molecule has 0 aliphatic rings. The molecule has 7 heteroatoms. The van der Waals surface area contributed by atoms with Crippen LogP contribution in [0.5, 0.6) is 5.75 Å².